The van der Waals surface area contributed by atoms with E-state index in [-0.39, 0.29) is 11.9 Å². The summed E-state index contributed by atoms with van der Waals surface area (Å²) in [5, 5.41) is 0.530. The Kier molecular flexibility index (Phi) is 2.39. The molecule has 1 aromatic rings. The van der Waals surface area contributed by atoms with Gasteiger partial charge in [0.05, 0.1) is 5.02 Å². The van der Waals surface area contributed by atoms with E-state index >= 15 is 0 Å². The standard InChI is InChI=1S/C9H10ClN3O/c10-6-1-2-8(12-3-6)9(14)13-4-7(11)5-13/h1-3,7H,4-5,11H2. The zero-order valence-corrected chi connectivity index (χ0v) is 8.24. The van der Waals surface area contributed by atoms with Crippen LogP contribution in [0.2, 0.25) is 5.02 Å². The minimum absolute atomic E-state index is 0.0802. The fraction of sp³-hybridized carbons (Fsp3) is 0.333. The molecule has 0 bridgehead atoms. The number of pyridine rings is 1. The van der Waals surface area contributed by atoms with Crippen molar-refractivity contribution in [1.29, 1.82) is 0 Å². The van der Waals surface area contributed by atoms with E-state index in [1.807, 2.05) is 0 Å². The Hall–Kier alpha value is -1.13. The van der Waals surface area contributed by atoms with Crippen LogP contribution in [0.25, 0.3) is 0 Å². The molecule has 1 fully saturated rings. The van der Waals surface area contributed by atoms with Crippen LogP contribution in [-0.2, 0) is 0 Å². The monoisotopic (exact) mass is 211 g/mol. The molecule has 2 heterocycles. The third kappa shape index (κ3) is 1.71. The van der Waals surface area contributed by atoms with E-state index in [4.69, 9.17) is 17.3 Å². The molecule has 0 unspecified atom stereocenters. The van der Waals surface area contributed by atoms with Gasteiger partial charge in [0.1, 0.15) is 5.69 Å². The van der Waals surface area contributed by atoms with E-state index in [2.05, 4.69) is 4.98 Å². The predicted molar refractivity (Wildman–Crippen MR) is 53.1 cm³/mol. The first-order chi connectivity index (χ1) is 6.66. The van der Waals surface area contributed by atoms with Crippen molar-refractivity contribution in [3.63, 3.8) is 0 Å². The molecule has 2 N–H and O–H groups in total. The van der Waals surface area contributed by atoms with Crippen molar-refractivity contribution in [2.75, 3.05) is 13.1 Å². The molecule has 1 aromatic heterocycles. The van der Waals surface area contributed by atoms with Gasteiger partial charge in [-0.2, -0.15) is 0 Å². The molecule has 4 nitrogen and oxygen atoms in total. The van der Waals surface area contributed by atoms with Crippen molar-refractivity contribution in [3.05, 3.63) is 29.0 Å². The molecule has 1 aliphatic rings. The van der Waals surface area contributed by atoms with Crippen LogP contribution in [0, 0.1) is 0 Å². The van der Waals surface area contributed by atoms with E-state index in [0.29, 0.717) is 23.8 Å². The molecule has 74 valence electrons. The lowest BCUT2D eigenvalue weighted by Gasteiger charge is -2.36. The van der Waals surface area contributed by atoms with Crippen molar-refractivity contribution in [1.82, 2.24) is 9.88 Å². The number of nitrogens with two attached hydrogens (primary N) is 1. The maximum Gasteiger partial charge on any atom is 0.272 e. The van der Waals surface area contributed by atoms with Crippen LogP contribution >= 0.6 is 11.6 Å². The van der Waals surface area contributed by atoms with E-state index in [0.717, 1.165) is 0 Å². The van der Waals surface area contributed by atoms with E-state index in [1.54, 1.807) is 17.0 Å². The Morgan fingerprint density at radius 3 is 2.79 bits per heavy atom. The zero-order chi connectivity index (χ0) is 10.1. The van der Waals surface area contributed by atoms with Crippen molar-refractivity contribution < 1.29 is 4.79 Å². The smallest absolute Gasteiger partial charge is 0.272 e. The normalized spacial score (nSPS) is 16.6. The Morgan fingerprint density at radius 1 is 1.57 bits per heavy atom. The number of aromatic nitrogens is 1. The van der Waals surface area contributed by atoms with Crippen LogP contribution in [-0.4, -0.2) is 34.9 Å². The molecule has 0 spiro atoms. The summed E-state index contributed by atoms with van der Waals surface area (Å²) in [6.07, 6.45) is 1.47. The molecule has 0 aliphatic carbocycles. The highest BCUT2D eigenvalue weighted by atomic mass is 35.5. The van der Waals surface area contributed by atoms with Gasteiger partial charge in [-0.15, -0.1) is 0 Å². The van der Waals surface area contributed by atoms with Gasteiger partial charge < -0.3 is 10.6 Å². The molecule has 0 saturated carbocycles. The van der Waals surface area contributed by atoms with E-state index in [1.165, 1.54) is 6.20 Å². The first-order valence-electron chi connectivity index (χ1n) is 4.33. The number of carbonyl (C=O) groups is 1. The van der Waals surface area contributed by atoms with Crippen LogP contribution in [0.4, 0.5) is 0 Å². The van der Waals surface area contributed by atoms with Gasteiger partial charge >= 0.3 is 0 Å². The quantitative estimate of drug-likeness (QED) is 0.737. The van der Waals surface area contributed by atoms with Crippen molar-refractivity contribution in [2.45, 2.75) is 6.04 Å². The molecule has 14 heavy (non-hydrogen) atoms. The van der Waals surface area contributed by atoms with Crippen LogP contribution in [0.3, 0.4) is 0 Å². The van der Waals surface area contributed by atoms with Crippen molar-refractivity contribution >= 4 is 17.5 Å². The van der Waals surface area contributed by atoms with Crippen molar-refractivity contribution in [2.24, 2.45) is 5.73 Å². The number of carbonyl (C=O) groups excluding carboxylic acids is 1. The number of nitrogens with zero attached hydrogens (tertiary/aromatic N) is 2. The second-order valence-corrected chi connectivity index (χ2v) is 3.77. The third-order valence-corrected chi connectivity index (χ3v) is 2.37. The fourth-order valence-electron chi connectivity index (χ4n) is 1.34. The molecular formula is C9H10ClN3O. The molecule has 5 heteroatoms. The summed E-state index contributed by atoms with van der Waals surface area (Å²) in [6.45, 7) is 1.23. The zero-order valence-electron chi connectivity index (χ0n) is 7.48. The second-order valence-electron chi connectivity index (χ2n) is 3.33. The average molecular weight is 212 g/mol. The number of hydrogen-bond donors (Lipinski definition) is 1. The third-order valence-electron chi connectivity index (χ3n) is 2.14. The molecule has 1 saturated heterocycles. The molecule has 0 aromatic carbocycles. The number of rotatable bonds is 1. The van der Waals surface area contributed by atoms with Gasteiger partial charge in [-0.1, -0.05) is 11.6 Å². The lowest BCUT2D eigenvalue weighted by Crippen LogP contribution is -2.57. The molecule has 1 amide bonds. The van der Waals surface area contributed by atoms with Gasteiger partial charge in [-0.25, -0.2) is 4.98 Å². The minimum Gasteiger partial charge on any atom is -0.334 e. The molecule has 0 radical (unpaired) electrons. The summed E-state index contributed by atoms with van der Waals surface area (Å²) in [5.41, 5.74) is 5.99. The number of amides is 1. The first-order valence-corrected chi connectivity index (χ1v) is 4.71. The number of hydrogen-bond acceptors (Lipinski definition) is 3. The lowest BCUT2D eigenvalue weighted by molar-refractivity contribution is 0.0602. The maximum absolute atomic E-state index is 11.6. The van der Waals surface area contributed by atoms with Gasteiger partial charge in [-0.3, -0.25) is 4.79 Å². The lowest BCUT2D eigenvalue weighted by atomic mass is 10.1. The summed E-state index contributed by atoms with van der Waals surface area (Å²) in [5.74, 6) is -0.0802. The Labute approximate surface area is 86.7 Å². The Morgan fingerprint density at radius 2 is 2.29 bits per heavy atom. The van der Waals surface area contributed by atoms with E-state index < -0.39 is 0 Å². The highest BCUT2D eigenvalue weighted by Crippen LogP contribution is 2.12. The summed E-state index contributed by atoms with van der Waals surface area (Å²) in [6, 6.07) is 3.39. The van der Waals surface area contributed by atoms with Crippen molar-refractivity contribution in [3.8, 4) is 0 Å². The van der Waals surface area contributed by atoms with Gasteiger partial charge in [0.25, 0.3) is 5.91 Å². The highest BCUT2D eigenvalue weighted by Gasteiger charge is 2.28. The Balaban J connectivity index is 2.08. The Bertz CT molecular complexity index is 346. The van der Waals surface area contributed by atoms with Crippen LogP contribution in [0.5, 0.6) is 0 Å². The summed E-state index contributed by atoms with van der Waals surface area (Å²) in [4.78, 5) is 17.3. The second kappa shape index (κ2) is 3.55. The molecule has 1 aliphatic heterocycles. The van der Waals surface area contributed by atoms with Gasteiger partial charge in [0.15, 0.2) is 0 Å². The van der Waals surface area contributed by atoms with Gasteiger partial charge in [-0.05, 0) is 12.1 Å². The maximum atomic E-state index is 11.6. The minimum atomic E-state index is -0.0802. The summed E-state index contributed by atoms with van der Waals surface area (Å²) < 4.78 is 0. The molecular weight excluding hydrogens is 202 g/mol. The number of halogens is 1. The summed E-state index contributed by atoms with van der Waals surface area (Å²) >= 11 is 5.66. The van der Waals surface area contributed by atoms with Gasteiger partial charge in [0.2, 0.25) is 0 Å². The van der Waals surface area contributed by atoms with E-state index in [9.17, 15) is 4.79 Å². The van der Waals surface area contributed by atoms with Crippen LogP contribution in [0.15, 0.2) is 18.3 Å². The van der Waals surface area contributed by atoms with Gasteiger partial charge in [0, 0.05) is 25.3 Å². The topological polar surface area (TPSA) is 59.2 Å². The first kappa shape index (κ1) is 9.43. The number of likely N-dealkylation sites (tertiary alicyclic amines) is 1. The SMILES string of the molecule is NC1CN(C(=O)c2ccc(Cl)cn2)C1. The fourth-order valence-corrected chi connectivity index (χ4v) is 1.45. The summed E-state index contributed by atoms with van der Waals surface area (Å²) in [7, 11) is 0. The predicted octanol–water partition coefficient (Wildman–Crippen LogP) is 0.518. The highest BCUT2D eigenvalue weighted by molar-refractivity contribution is 6.30. The van der Waals surface area contributed by atoms with Crippen LogP contribution < -0.4 is 5.73 Å². The molecule has 2 rings (SSSR count). The van der Waals surface area contributed by atoms with Crippen LogP contribution in [0.1, 0.15) is 10.5 Å². The molecule has 0 atom stereocenters. The largest absolute Gasteiger partial charge is 0.334 e. The average Bonchev–Trinajstić information content (AvgIpc) is 2.13.